The van der Waals surface area contributed by atoms with E-state index in [1.165, 1.54) is 24.3 Å². The number of halogens is 1. The number of urea groups is 1. The lowest BCUT2D eigenvalue weighted by Crippen LogP contribution is -2.37. The quantitative estimate of drug-likeness (QED) is 0.209. The van der Waals surface area contributed by atoms with Crippen molar-refractivity contribution in [2.45, 2.75) is 13.3 Å². The lowest BCUT2D eigenvalue weighted by molar-refractivity contribution is 0.0953. The van der Waals surface area contributed by atoms with Crippen LogP contribution < -0.4 is 25.0 Å². The van der Waals surface area contributed by atoms with Gasteiger partial charge in [-0.3, -0.25) is 9.69 Å². The number of para-hydroxylation sites is 1. The van der Waals surface area contributed by atoms with Crippen LogP contribution in [0.3, 0.4) is 0 Å². The van der Waals surface area contributed by atoms with Crippen LogP contribution in [0.2, 0.25) is 0 Å². The van der Waals surface area contributed by atoms with Crippen LogP contribution >= 0.6 is 0 Å². The van der Waals surface area contributed by atoms with E-state index in [0.717, 1.165) is 5.75 Å². The standard InChI is InChI=1S/C31H30FN3O4/c1-2-38-27-17-13-25(14-18-27)34-31(37)35(22-6-21-33-30(36)23-9-11-24(32)12-10-23)26-15-19-29(20-16-26)39-28-7-4-3-5-8-28/h3-5,7-20H,2,6,21-22H2,1H3,(H,33,36)(H,34,37). The second-order valence-corrected chi connectivity index (χ2v) is 8.56. The number of nitrogens with one attached hydrogen (secondary N) is 2. The van der Waals surface area contributed by atoms with E-state index >= 15 is 0 Å². The number of hydrogen-bond donors (Lipinski definition) is 2. The zero-order chi connectivity index (χ0) is 27.5. The highest BCUT2D eigenvalue weighted by molar-refractivity contribution is 6.01. The van der Waals surface area contributed by atoms with E-state index < -0.39 is 5.82 Å². The van der Waals surface area contributed by atoms with E-state index in [2.05, 4.69) is 10.6 Å². The predicted octanol–water partition coefficient (Wildman–Crippen LogP) is 6.88. The van der Waals surface area contributed by atoms with Gasteiger partial charge in [0.05, 0.1) is 6.61 Å². The summed E-state index contributed by atoms with van der Waals surface area (Å²) in [5.74, 6) is 1.37. The summed E-state index contributed by atoms with van der Waals surface area (Å²) in [6.07, 6.45) is 0.492. The molecule has 0 aliphatic heterocycles. The van der Waals surface area contributed by atoms with Crippen molar-refractivity contribution in [3.63, 3.8) is 0 Å². The van der Waals surface area contributed by atoms with Crippen LogP contribution in [-0.2, 0) is 0 Å². The summed E-state index contributed by atoms with van der Waals surface area (Å²) in [5, 5.41) is 5.74. The van der Waals surface area contributed by atoms with Gasteiger partial charge >= 0.3 is 6.03 Å². The number of nitrogens with zero attached hydrogens (tertiary/aromatic N) is 1. The van der Waals surface area contributed by atoms with Gasteiger partial charge in [-0.15, -0.1) is 0 Å². The number of carbonyl (C=O) groups is 2. The maximum absolute atomic E-state index is 13.3. The second kappa shape index (κ2) is 13.6. The van der Waals surface area contributed by atoms with Crippen LogP contribution in [0.4, 0.5) is 20.6 Å². The van der Waals surface area contributed by atoms with Gasteiger partial charge in [-0.1, -0.05) is 18.2 Å². The van der Waals surface area contributed by atoms with Crippen molar-refractivity contribution in [1.29, 1.82) is 0 Å². The molecule has 0 aliphatic rings. The molecular formula is C31H30FN3O4. The minimum absolute atomic E-state index is 0.303. The lowest BCUT2D eigenvalue weighted by Gasteiger charge is -2.24. The molecule has 0 radical (unpaired) electrons. The normalized spacial score (nSPS) is 10.4. The summed E-state index contributed by atoms with van der Waals surface area (Å²) in [6, 6.07) is 28.8. The second-order valence-electron chi connectivity index (χ2n) is 8.56. The molecule has 0 bridgehead atoms. The van der Waals surface area contributed by atoms with Crippen LogP contribution in [0.5, 0.6) is 17.2 Å². The molecule has 8 heteroatoms. The van der Waals surface area contributed by atoms with Crippen molar-refractivity contribution in [3.05, 3.63) is 115 Å². The minimum Gasteiger partial charge on any atom is -0.494 e. The molecule has 4 rings (SSSR count). The number of carbonyl (C=O) groups excluding carboxylic acids is 2. The van der Waals surface area contributed by atoms with E-state index in [-0.39, 0.29) is 11.9 Å². The Labute approximate surface area is 227 Å². The Morgan fingerprint density at radius 2 is 1.44 bits per heavy atom. The van der Waals surface area contributed by atoms with E-state index in [1.54, 1.807) is 41.3 Å². The van der Waals surface area contributed by atoms with Gasteiger partial charge in [0.25, 0.3) is 5.91 Å². The summed E-state index contributed by atoms with van der Waals surface area (Å²) < 4.78 is 24.5. The smallest absolute Gasteiger partial charge is 0.326 e. The molecule has 7 nitrogen and oxygen atoms in total. The SMILES string of the molecule is CCOc1ccc(NC(=O)N(CCCNC(=O)c2ccc(F)cc2)c2ccc(Oc3ccccc3)cc2)cc1. The van der Waals surface area contributed by atoms with E-state index in [0.29, 0.717) is 54.6 Å². The van der Waals surface area contributed by atoms with Crippen LogP contribution in [0.15, 0.2) is 103 Å². The molecule has 4 aromatic rings. The van der Waals surface area contributed by atoms with Crippen molar-refractivity contribution in [2.24, 2.45) is 0 Å². The van der Waals surface area contributed by atoms with Crippen molar-refractivity contribution < 1.29 is 23.5 Å². The third kappa shape index (κ3) is 8.07. The molecule has 0 heterocycles. The Morgan fingerprint density at radius 3 is 2.10 bits per heavy atom. The Hall–Kier alpha value is -4.85. The number of amides is 3. The van der Waals surface area contributed by atoms with Crippen LogP contribution in [-0.4, -0.2) is 31.6 Å². The van der Waals surface area contributed by atoms with Crippen LogP contribution in [0.25, 0.3) is 0 Å². The Morgan fingerprint density at radius 1 is 0.795 bits per heavy atom. The fourth-order valence-electron chi connectivity index (χ4n) is 3.80. The summed E-state index contributed by atoms with van der Waals surface area (Å²) >= 11 is 0. The van der Waals surface area contributed by atoms with Gasteiger partial charge in [-0.05, 0) is 98.3 Å². The highest BCUT2D eigenvalue weighted by Crippen LogP contribution is 2.25. The van der Waals surface area contributed by atoms with Gasteiger partial charge in [-0.2, -0.15) is 0 Å². The molecule has 200 valence electrons. The van der Waals surface area contributed by atoms with Crippen molar-refractivity contribution in [1.82, 2.24) is 5.32 Å². The number of rotatable bonds is 11. The third-order valence-electron chi connectivity index (χ3n) is 5.74. The number of benzene rings is 4. The summed E-state index contributed by atoms with van der Waals surface area (Å²) in [6.45, 7) is 3.14. The topological polar surface area (TPSA) is 79.9 Å². The first-order valence-corrected chi connectivity index (χ1v) is 12.7. The Balaban J connectivity index is 1.42. The first kappa shape index (κ1) is 27.2. The molecule has 39 heavy (non-hydrogen) atoms. The van der Waals surface area contributed by atoms with Gasteiger partial charge < -0.3 is 20.1 Å². The molecule has 0 unspecified atom stereocenters. The zero-order valence-electron chi connectivity index (χ0n) is 21.6. The highest BCUT2D eigenvalue weighted by atomic mass is 19.1. The Bertz CT molecular complexity index is 1350. The van der Waals surface area contributed by atoms with Crippen molar-refractivity contribution in [3.8, 4) is 17.2 Å². The molecule has 3 amide bonds. The molecule has 0 fully saturated rings. The number of ether oxygens (including phenoxy) is 2. The molecule has 0 spiro atoms. The van der Waals surface area contributed by atoms with Gasteiger partial charge in [0, 0.05) is 30.0 Å². The fourth-order valence-corrected chi connectivity index (χ4v) is 3.80. The van der Waals surface area contributed by atoms with E-state index in [4.69, 9.17) is 9.47 Å². The maximum Gasteiger partial charge on any atom is 0.326 e. The highest BCUT2D eigenvalue weighted by Gasteiger charge is 2.17. The molecular weight excluding hydrogens is 497 g/mol. The molecule has 2 N–H and O–H groups in total. The average molecular weight is 528 g/mol. The first-order valence-electron chi connectivity index (χ1n) is 12.7. The van der Waals surface area contributed by atoms with Gasteiger partial charge in [0.2, 0.25) is 0 Å². The zero-order valence-corrected chi connectivity index (χ0v) is 21.6. The Kier molecular flexibility index (Phi) is 9.50. The summed E-state index contributed by atoms with van der Waals surface area (Å²) in [7, 11) is 0. The maximum atomic E-state index is 13.3. The largest absolute Gasteiger partial charge is 0.494 e. The molecule has 4 aromatic carbocycles. The first-order chi connectivity index (χ1) is 19.0. The van der Waals surface area contributed by atoms with Crippen molar-refractivity contribution in [2.75, 3.05) is 29.9 Å². The average Bonchev–Trinajstić information content (AvgIpc) is 2.95. The number of hydrogen-bond acceptors (Lipinski definition) is 4. The molecule has 0 atom stereocenters. The monoisotopic (exact) mass is 527 g/mol. The fraction of sp³-hybridized carbons (Fsp3) is 0.161. The van der Waals surface area contributed by atoms with Crippen LogP contribution in [0.1, 0.15) is 23.7 Å². The number of anilines is 2. The van der Waals surface area contributed by atoms with Gasteiger partial charge in [-0.25, -0.2) is 9.18 Å². The molecule has 0 saturated heterocycles. The predicted molar refractivity (Wildman–Crippen MR) is 150 cm³/mol. The molecule has 0 aliphatic carbocycles. The summed E-state index contributed by atoms with van der Waals surface area (Å²) in [5.41, 5.74) is 1.67. The third-order valence-corrected chi connectivity index (χ3v) is 5.74. The van der Waals surface area contributed by atoms with E-state index in [1.807, 2.05) is 49.4 Å². The van der Waals surface area contributed by atoms with Gasteiger partial charge in [0.15, 0.2) is 0 Å². The minimum atomic E-state index is -0.402. The summed E-state index contributed by atoms with van der Waals surface area (Å²) in [4.78, 5) is 27.3. The molecule has 0 aromatic heterocycles. The van der Waals surface area contributed by atoms with Crippen molar-refractivity contribution >= 4 is 23.3 Å². The molecule has 0 saturated carbocycles. The van der Waals surface area contributed by atoms with Gasteiger partial charge in [0.1, 0.15) is 23.1 Å². The van der Waals surface area contributed by atoms with Crippen LogP contribution in [0, 0.1) is 5.82 Å². The lowest BCUT2D eigenvalue weighted by atomic mass is 10.2. The van der Waals surface area contributed by atoms with E-state index in [9.17, 15) is 14.0 Å².